The van der Waals surface area contributed by atoms with E-state index in [1.807, 2.05) is 18.2 Å². The minimum absolute atomic E-state index is 0.276. The number of ether oxygens (including phenoxy) is 2. The molecule has 2 rings (SSSR count). The molecule has 94 valence electrons. The Balaban J connectivity index is 2.23. The molecule has 2 atom stereocenters. The van der Waals surface area contributed by atoms with Gasteiger partial charge in [0.1, 0.15) is 11.5 Å². The summed E-state index contributed by atoms with van der Waals surface area (Å²) in [4.78, 5) is 0. The standard InChI is InChI=1S/C13H20N2O2/c1-16-11-5-9(6-12(8-11)17-2)13-7-10(14)3-4-15-13/h5-6,8,10,13,15H,3-4,7,14H2,1-2H3. The van der Waals surface area contributed by atoms with Crippen LogP contribution >= 0.6 is 0 Å². The van der Waals surface area contributed by atoms with Gasteiger partial charge in [-0.2, -0.15) is 0 Å². The Kier molecular flexibility index (Phi) is 3.86. The van der Waals surface area contributed by atoms with E-state index in [2.05, 4.69) is 5.32 Å². The third kappa shape index (κ3) is 2.90. The van der Waals surface area contributed by atoms with E-state index in [-0.39, 0.29) is 6.04 Å². The number of piperidine rings is 1. The summed E-state index contributed by atoms with van der Waals surface area (Å²) in [6, 6.07) is 6.53. The number of nitrogens with two attached hydrogens (primary N) is 1. The van der Waals surface area contributed by atoms with Gasteiger partial charge in [0, 0.05) is 18.2 Å². The van der Waals surface area contributed by atoms with Gasteiger partial charge in [0.15, 0.2) is 0 Å². The Bertz CT molecular complexity index is 359. The summed E-state index contributed by atoms with van der Waals surface area (Å²) in [6.45, 7) is 0.964. The molecule has 3 N–H and O–H groups in total. The molecule has 0 aromatic heterocycles. The lowest BCUT2D eigenvalue weighted by atomic mass is 9.94. The molecule has 17 heavy (non-hydrogen) atoms. The van der Waals surface area contributed by atoms with Gasteiger partial charge in [-0.15, -0.1) is 0 Å². The van der Waals surface area contributed by atoms with Crippen LogP contribution in [0.25, 0.3) is 0 Å². The van der Waals surface area contributed by atoms with Gasteiger partial charge in [-0.3, -0.25) is 0 Å². The predicted molar refractivity (Wildman–Crippen MR) is 67.5 cm³/mol. The largest absolute Gasteiger partial charge is 0.497 e. The van der Waals surface area contributed by atoms with E-state index < -0.39 is 0 Å². The highest BCUT2D eigenvalue weighted by atomic mass is 16.5. The van der Waals surface area contributed by atoms with Crippen molar-refractivity contribution in [1.29, 1.82) is 0 Å². The molecule has 1 aromatic carbocycles. The second kappa shape index (κ2) is 5.38. The number of nitrogens with one attached hydrogen (secondary N) is 1. The molecule has 4 heteroatoms. The molecule has 1 aliphatic rings. The van der Waals surface area contributed by atoms with Crippen LogP contribution < -0.4 is 20.5 Å². The Labute approximate surface area is 102 Å². The monoisotopic (exact) mass is 236 g/mol. The maximum absolute atomic E-state index is 6.00. The van der Waals surface area contributed by atoms with Gasteiger partial charge in [0.2, 0.25) is 0 Å². The molecule has 1 heterocycles. The van der Waals surface area contributed by atoms with Gasteiger partial charge < -0.3 is 20.5 Å². The van der Waals surface area contributed by atoms with E-state index in [1.165, 1.54) is 5.56 Å². The first kappa shape index (κ1) is 12.2. The van der Waals surface area contributed by atoms with Gasteiger partial charge in [0.25, 0.3) is 0 Å². The first-order valence-corrected chi connectivity index (χ1v) is 5.95. The lowest BCUT2D eigenvalue weighted by molar-refractivity contribution is 0.361. The summed E-state index contributed by atoms with van der Waals surface area (Å²) in [5.41, 5.74) is 7.18. The van der Waals surface area contributed by atoms with Crippen LogP contribution in [0.4, 0.5) is 0 Å². The minimum atomic E-state index is 0.276. The van der Waals surface area contributed by atoms with Crippen LogP contribution in [0.2, 0.25) is 0 Å². The zero-order valence-electron chi connectivity index (χ0n) is 10.4. The summed E-state index contributed by atoms with van der Waals surface area (Å²) in [7, 11) is 3.33. The summed E-state index contributed by atoms with van der Waals surface area (Å²) < 4.78 is 10.6. The lowest BCUT2D eigenvalue weighted by Gasteiger charge is -2.28. The SMILES string of the molecule is COc1cc(OC)cc(C2CC(N)CCN2)c1. The van der Waals surface area contributed by atoms with Crippen molar-refractivity contribution in [2.45, 2.75) is 24.9 Å². The van der Waals surface area contributed by atoms with Gasteiger partial charge >= 0.3 is 0 Å². The molecular weight excluding hydrogens is 216 g/mol. The topological polar surface area (TPSA) is 56.5 Å². The lowest BCUT2D eigenvalue weighted by Crippen LogP contribution is -2.38. The molecule has 0 radical (unpaired) electrons. The number of hydrogen-bond donors (Lipinski definition) is 2. The van der Waals surface area contributed by atoms with Gasteiger partial charge in [0.05, 0.1) is 14.2 Å². The second-order valence-electron chi connectivity index (χ2n) is 4.44. The van der Waals surface area contributed by atoms with Gasteiger partial charge in [-0.1, -0.05) is 0 Å². The smallest absolute Gasteiger partial charge is 0.122 e. The molecule has 0 spiro atoms. The zero-order valence-corrected chi connectivity index (χ0v) is 10.4. The van der Waals surface area contributed by atoms with E-state index in [9.17, 15) is 0 Å². The van der Waals surface area contributed by atoms with Crippen LogP contribution in [0.5, 0.6) is 11.5 Å². The molecule has 0 saturated carbocycles. The second-order valence-corrected chi connectivity index (χ2v) is 4.44. The fourth-order valence-corrected chi connectivity index (χ4v) is 2.23. The number of benzene rings is 1. The molecule has 4 nitrogen and oxygen atoms in total. The Morgan fingerprint density at radius 1 is 1.18 bits per heavy atom. The molecule has 2 unspecified atom stereocenters. The van der Waals surface area contributed by atoms with Crippen molar-refractivity contribution in [3.8, 4) is 11.5 Å². The highest BCUT2D eigenvalue weighted by molar-refractivity contribution is 5.40. The van der Waals surface area contributed by atoms with Crippen LogP contribution in [0.3, 0.4) is 0 Å². The van der Waals surface area contributed by atoms with Crippen molar-refractivity contribution in [2.24, 2.45) is 5.73 Å². The third-order valence-electron chi connectivity index (χ3n) is 3.22. The van der Waals surface area contributed by atoms with Crippen LogP contribution in [0.1, 0.15) is 24.4 Å². The van der Waals surface area contributed by atoms with Crippen molar-refractivity contribution in [3.63, 3.8) is 0 Å². The van der Waals surface area contributed by atoms with Crippen LogP contribution in [0, 0.1) is 0 Å². The summed E-state index contributed by atoms with van der Waals surface area (Å²) in [5.74, 6) is 1.64. The van der Waals surface area contributed by atoms with E-state index in [1.54, 1.807) is 14.2 Å². The average Bonchev–Trinajstić information content (AvgIpc) is 2.38. The predicted octanol–water partition coefficient (Wildman–Crippen LogP) is 1.46. The number of hydrogen-bond acceptors (Lipinski definition) is 4. The summed E-state index contributed by atoms with van der Waals surface area (Å²) in [6.07, 6.45) is 1.99. The fourth-order valence-electron chi connectivity index (χ4n) is 2.23. The number of methoxy groups -OCH3 is 2. The fraction of sp³-hybridized carbons (Fsp3) is 0.538. The highest BCUT2D eigenvalue weighted by Crippen LogP contribution is 2.29. The molecule has 0 amide bonds. The first-order valence-electron chi connectivity index (χ1n) is 5.95. The third-order valence-corrected chi connectivity index (χ3v) is 3.22. The van der Waals surface area contributed by atoms with Crippen LogP contribution in [0.15, 0.2) is 18.2 Å². The van der Waals surface area contributed by atoms with E-state index >= 15 is 0 Å². The van der Waals surface area contributed by atoms with Crippen molar-refractivity contribution < 1.29 is 9.47 Å². The molecule has 1 aromatic rings. The van der Waals surface area contributed by atoms with E-state index in [0.29, 0.717) is 6.04 Å². The Morgan fingerprint density at radius 3 is 2.35 bits per heavy atom. The summed E-state index contributed by atoms with van der Waals surface area (Å²) >= 11 is 0. The average molecular weight is 236 g/mol. The van der Waals surface area contributed by atoms with Crippen molar-refractivity contribution >= 4 is 0 Å². The molecule has 1 saturated heterocycles. The summed E-state index contributed by atoms with van der Waals surface area (Å²) in [5, 5.41) is 3.48. The normalized spacial score (nSPS) is 24.4. The van der Waals surface area contributed by atoms with E-state index in [0.717, 1.165) is 30.9 Å². The molecule has 0 aliphatic carbocycles. The van der Waals surface area contributed by atoms with Gasteiger partial charge in [-0.25, -0.2) is 0 Å². The quantitative estimate of drug-likeness (QED) is 0.834. The Morgan fingerprint density at radius 2 is 1.82 bits per heavy atom. The van der Waals surface area contributed by atoms with Crippen molar-refractivity contribution in [3.05, 3.63) is 23.8 Å². The molecule has 0 bridgehead atoms. The maximum atomic E-state index is 6.00. The minimum Gasteiger partial charge on any atom is -0.497 e. The van der Waals surface area contributed by atoms with Crippen molar-refractivity contribution in [1.82, 2.24) is 5.32 Å². The van der Waals surface area contributed by atoms with Crippen LogP contribution in [-0.4, -0.2) is 26.8 Å². The first-order chi connectivity index (χ1) is 8.22. The molecule has 1 aliphatic heterocycles. The molecule has 1 fully saturated rings. The van der Waals surface area contributed by atoms with Crippen molar-refractivity contribution in [2.75, 3.05) is 20.8 Å². The van der Waals surface area contributed by atoms with Crippen LogP contribution in [-0.2, 0) is 0 Å². The van der Waals surface area contributed by atoms with Gasteiger partial charge in [-0.05, 0) is 37.1 Å². The number of rotatable bonds is 3. The highest BCUT2D eigenvalue weighted by Gasteiger charge is 2.21. The molecular formula is C13H20N2O2. The maximum Gasteiger partial charge on any atom is 0.122 e. The zero-order chi connectivity index (χ0) is 12.3. The Hall–Kier alpha value is -1.26. The van der Waals surface area contributed by atoms with E-state index in [4.69, 9.17) is 15.2 Å².